The van der Waals surface area contributed by atoms with Gasteiger partial charge in [0.2, 0.25) is 5.91 Å². The van der Waals surface area contributed by atoms with Crippen molar-refractivity contribution in [1.82, 2.24) is 9.13 Å². The van der Waals surface area contributed by atoms with E-state index in [1.54, 1.807) is 74.8 Å². The summed E-state index contributed by atoms with van der Waals surface area (Å²) in [6.07, 6.45) is 0. The first-order valence-electron chi connectivity index (χ1n) is 10.3. The maximum Gasteiger partial charge on any atom is 0.328 e. The molecule has 0 aliphatic carbocycles. The van der Waals surface area contributed by atoms with Crippen LogP contribution in [0, 0.1) is 6.92 Å². The molecular formula is C24H24N4O4S. The third-order valence-corrected chi connectivity index (χ3v) is 7.28. The first-order chi connectivity index (χ1) is 15.7. The molecule has 1 amide bonds. The first-order valence-corrected chi connectivity index (χ1v) is 11.7. The monoisotopic (exact) mass is 464 g/mol. The highest BCUT2D eigenvalue weighted by molar-refractivity contribution is 7.92. The van der Waals surface area contributed by atoms with Gasteiger partial charge in [-0.1, -0.05) is 35.9 Å². The summed E-state index contributed by atoms with van der Waals surface area (Å²) < 4.78 is 30.8. The maximum atomic E-state index is 13.4. The number of benzene rings is 3. The minimum absolute atomic E-state index is 0.0964. The Morgan fingerprint density at radius 1 is 0.909 bits per heavy atom. The number of aromatic nitrogens is 2. The van der Waals surface area contributed by atoms with Crippen LogP contribution in [0.1, 0.15) is 5.56 Å². The van der Waals surface area contributed by atoms with Crippen molar-refractivity contribution < 1.29 is 13.2 Å². The molecule has 1 N–H and O–H groups in total. The average Bonchev–Trinajstić information content (AvgIpc) is 3.02. The van der Waals surface area contributed by atoms with E-state index in [4.69, 9.17) is 0 Å². The van der Waals surface area contributed by atoms with Crippen LogP contribution in [0.2, 0.25) is 0 Å². The molecule has 4 rings (SSSR count). The Kier molecular flexibility index (Phi) is 5.82. The highest BCUT2D eigenvalue weighted by Gasteiger charge is 2.27. The molecule has 9 heteroatoms. The highest BCUT2D eigenvalue weighted by Crippen LogP contribution is 2.24. The van der Waals surface area contributed by atoms with Crippen LogP contribution in [0.4, 0.5) is 11.4 Å². The molecule has 0 spiro atoms. The van der Waals surface area contributed by atoms with E-state index in [0.717, 1.165) is 15.4 Å². The zero-order valence-electron chi connectivity index (χ0n) is 18.5. The van der Waals surface area contributed by atoms with E-state index >= 15 is 0 Å². The third kappa shape index (κ3) is 4.27. The van der Waals surface area contributed by atoms with E-state index < -0.39 is 22.5 Å². The fraction of sp³-hybridized carbons (Fsp3) is 0.167. The number of carbonyl (C=O) groups is 1. The summed E-state index contributed by atoms with van der Waals surface area (Å²) in [6, 6.07) is 20.1. The summed E-state index contributed by atoms with van der Waals surface area (Å²) in [5, 5.41) is 2.76. The molecule has 0 saturated heterocycles. The summed E-state index contributed by atoms with van der Waals surface area (Å²) in [6.45, 7) is 1.49. The predicted molar refractivity (Wildman–Crippen MR) is 129 cm³/mol. The van der Waals surface area contributed by atoms with Crippen molar-refractivity contribution in [3.05, 3.63) is 88.8 Å². The Morgan fingerprint density at radius 2 is 1.55 bits per heavy atom. The second-order valence-corrected chi connectivity index (χ2v) is 9.67. The van der Waals surface area contributed by atoms with Gasteiger partial charge in [0.1, 0.15) is 6.54 Å². The van der Waals surface area contributed by atoms with Gasteiger partial charge >= 0.3 is 5.69 Å². The lowest BCUT2D eigenvalue weighted by Crippen LogP contribution is -2.38. The number of sulfonamides is 1. The lowest BCUT2D eigenvalue weighted by Gasteiger charge is -2.24. The Morgan fingerprint density at radius 3 is 2.21 bits per heavy atom. The average molecular weight is 465 g/mol. The normalized spacial score (nSPS) is 11.5. The molecule has 0 fully saturated rings. The van der Waals surface area contributed by atoms with Gasteiger partial charge in [-0.05, 0) is 49.4 Å². The summed E-state index contributed by atoms with van der Waals surface area (Å²) in [7, 11) is -0.642. The van der Waals surface area contributed by atoms with Crippen molar-refractivity contribution in [2.24, 2.45) is 14.1 Å². The molecule has 0 aliphatic heterocycles. The molecule has 0 radical (unpaired) electrons. The summed E-state index contributed by atoms with van der Waals surface area (Å²) in [5.41, 5.74) is 3.05. The lowest BCUT2D eigenvalue weighted by atomic mass is 10.2. The number of aryl methyl sites for hydroxylation is 3. The van der Waals surface area contributed by atoms with Gasteiger partial charge in [0, 0.05) is 19.8 Å². The largest absolute Gasteiger partial charge is 0.328 e. The van der Waals surface area contributed by atoms with E-state index in [1.807, 2.05) is 6.92 Å². The molecule has 0 atom stereocenters. The SMILES string of the molecule is Cc1ccc(N(CC(=O)Nc2ccc3c(c2)n(C)c(=O)n3C)S(=O)(=O)c2ccccc2)cc1. The van der Waals surface area contributed by atoms with Crippen LogP contribution in [0.5, 0.6) is 0 Å². The second kappa shape index (κ2) is 8.59. The lowest BCUT2D eigenvalue weighted by molar-refractivity contribution is -0.114. The third-order valence-electron chi connectivity index (χ3n) is 5.50. The molecular weight excluding hydrogens is 440 g/mol. The number of fused-ring (bicyclic) bond motifs is 1. The maximum absolute atomic E-state index is 13.4. The molecule has 33 heavy (non-hydrogen) atoms. The Balaban J connectivity index is 1.66. The fourth-order valence-electron chi connectivity index (χ4n) is 3.66. The number of nitrogens with zero attached hydrogens (tertiary/aromatic N) is 3. The molecule has 170 valence electrons. The molecule has 1 heterocycles. The molecule has 1 aromatic heterocycles. The molecule has 0 bridgehead atoms. The smallest absolute Gasteiger partial charge is 0.324 e. The van der Waals surface area contributed by atoms with E-state index in [0.29, 0.717) is 16.9 Å². The van der Waals surface area contributed by atoms with Gasteiger partial charge in [-0.2, -0.15) is 0 Å². The number of imidazole rings is 1. The molecule has 3 aromatic carbocycles. The van der Waals surface area contributed by atoms with E-state index in [-0.39, 0.29) is 10.6 Å². The van der Waals surface area contributed by atoms with E-state index in [1.165, 1.54) is 21.3 Å². The van der Waals surface area contributed by atoms with Crippen LogP contribution in [-0.4, -0.2) is 30.0 Å². The van der Waals surface area contributed by atoms with Crippen LogP contribution in [0.15, 0.2) is 82.5 Å². The number of carbonyl (C=O) groups excluding carboxylic acids is 1. The minimum atomic E-state index is -3.97. The van der Waals surface area contributed by atoms with Crippen molar-refractivity contribution in [2.75, 3.05) is 16.2 Å². The number of hydrogen-bond acceptors (Lipinski definition) is 4. The summed E-state index contributed by atoms with van der Waals surface area (Å²) in [4.78, 5) is 25.2. The Bertz CT molecular complexity index is 1490. The van der Waals surface area contributed by atoms with Crippen molar-refractivity contribution in [3.63, 3.8) is 0 Å². The second-order valence-electron chi connectivity index (χ2n) is 7.81. The van der Waals surface area contributed by atoms with Gasteiger partial charge in [0.25, 0.3) is 10.0 Å². The van der Waals surface area contributed by atoms with Crippen molar-refractivity contribution >= 4 is 38.3 Å². The van der Waals surface area contributed by atoms with Crippen molar-refractivity contribution in [3.8, 4) is 0 Å². The molecule has 0 saturated carbocycles. The zero-order chi connectivity index (χ0) is 23.8. The molecule has 0 unspecified atom stereocenters. The van der Waals surface area contributed by atoms with Crippen molar-refractivity contribution in [1.29, 1.82) is 0 Å². The standard InChI is InChI=1S/C24H24N4O4S/c1-17-9-12-19(13-10-17)28(33(31,32)20-7-5-4-6-8-20)16-23(29)25-18-11-14-21-22(15-18)27(3)24(30)26(21)2/h4-15H,16H2,1-3H3,(H,25,29). The molecule has 0 aliphatic rings. The number of anilines is 2. The predicted octanol–water partition coefficient (Wildman–Crippen LogP) is 3.02. The first kappa shape index (κ1) is 22.3. The summed E-state index contributed by atoms with van der Waals surface area (Å²) >= 11 is 0. The topological polar surface area (TPSA) is 93.4 Å². The van der Waals surface area contributed by atoms with Crippen LogP contribution in [0.25, 0.3) is 11.0 Å². The number of hydrogen-bond donors (Lipinski definition) is 1. The van der Waals surface area contributed by atoms with Gasteiger partial charge in [0.15, 0.2) is 0 Å². The zero-order valence-corrected chi connectivity index (χ0v) is 19.3. The Hall–Kier alpha value is -3.85. The van der Waals surface area contributed by atoms with Crippen LogP contribution in [0.3, 0.4) is 0 Å². The van der Waals surface area contributed by atoms with Gasteiger partial charge < -0.3 is 5.32 Å². The summed E-state index contributed by atoms with van der Waals surface area (Å²) in [5.74, 6) is -0.504. The number of nitrogens with one attached hydrogen (secondary N) is 1. The quantitative estimate of drug-likeness (QED) is 0.475. The van der Waals surface area contributed by atoms with Crippen molar-refractivity contribution in [2.45, 2.75) is 11.8 Å². The van der Waals surface area contributed by atoms with Gasteiger partial charge in [-0.15, -0.1) is 0 Å². The van der Waals surface area contributed by atoms with Gasteiger partial charge in [0.05, 0.1) is 21.6 Å². The number of rotatable bonds is 6. The fourth-order valence-corrected chi connectivity index (χ4v) is 5.10. The van der Waals surface area contributed by atoms with Gasteiger partial charge in [-0.25, -0.2) is 13.2 Å². The number of amides is 1. The van der Waals surface area contributed by atoms with Gasteiger partial charge in [-0.3, -0.25) is 18.2 Å². The van der Waals surface area contributed by atoms with Crippen LogP contribution in [-0.2, 0) is 28.9 Å². The minimum Gasteiger partial charge on any atom is -0.324 e. The van der Waals surface area contributed by atoms with Crippen LogP contribution < -0.4 is 15.3 Å². The van der Waals surface area contributed by atoms with E-state index in [2.05, 4.69) is 5.32 Å². The highest BCUT2D eigenvalue weighted by atomic mass is 32.2. The Labute approximate surface area is 191 Å². The molecule has 8 nitrogen and oxygen atoms in total. The molecule has 4 aromatic rings. The van der Waals surface area contributed by atoms with Crippen LogP contribution >= 0.6 is 0 Å². The van der Waals surface area contributed by atoms with E-state index in [9.17, 15) is 18.0 Å².